The summed E-state index contributed by atoms with van der Waals surface area (Å²) in [6.45, 7) is 5.35. The fourth-order valence-corrected chi connectivity index (χ4v) is 1.46. The molecule has 1 rings (SSSR count). The largest absolute Gasteiger partial charge is 0.362 e. The molecule has 4 heteroatoms. The summed E-state index contributed by atoms with van der Waals surface area (Å²) >= 11 is 0. The molecule has 14 heavy (non-hydrogen) atoms. The number of hydrogen-bond acceptors (Lipinski definition) is 3. The molecule has 0 aromatic heterocycles. The van der Waals surface area contributed by atoms with E-state index in [4.69, 9.17) is 0 Å². The van der Waals surface area contributed by atoms with E-state index in [1.54, 1.807) is 0 Å². The molecule has 80 valence electrons. The zero-order valence-corrected chi connectivity index (χ0v) is 8.97. The quantitative estimate of drug-likeness (QED) is 0.699. The number of carbonyl (C=O) groups excluding carboxylic acids is 1. The molecule has 0 saturated heterocycles. The predicted octanol–water partition coefficient (Wildman–Crippen LogP) is 0.683. The van der Waals surface area contributed by atoms with E-state index < -0.39 is 0 Å². The number of hydrogen-bond donors (Lipinski definition) is 2. The molecule has 1 atom stereocenters. The summed E-state index contributed by atoms with van der Waals surface area (Å²) in [6.07, 6.45) is 3.32. The third-order valence-corrected chi connectivity index (χ3v) is 2.25. The van der Waals surface area contributed by atoms with Crippen molar-refractivity contribution in [1.82, 2.24) is 10.6 Å². The van der Waals surface area contributed by atoms with Crippen molar-refractivity contribution in [3.8, 4) is 0 Å². The Balaban J connectivity index is 2.35. The van der Waals surface area contributed by atoms with Crippen molar-refractivity contribution < 1.29 is 4.79 Å². The van der Waals surface area contributed by atoms with Gasteiger partial charge in [0.1, 0.15) is 6.04 Å². The summed E-state index contributed by atoms with van der Waals surface area (Å²) in [6, 6.07) is -0.174. The second-order valence-corrected chi connectivity index (χ2v) is 3.55. The van der Waals surface area contributed by atoms with Crippen LogP contribution in [0.2, 0.25) is 0 Å². The number of amidine groups is 1. The van der Waals surface area contributed by atoms with Crippen LogP contribution in [0, 0.1) is 0 Å². The average Bonchev–Trinajstić information content (AvgIpc) is 2.19. The summed E-state index contributed by atoms with van der Waals surface area (Å²) in [4.78, 5) is 15.7. The van der Waals surface area contributed by atoms with Gasteiger partial charge in [0.05, 0.1) is 5.84 Å². The molecule has 0 bridgehead atoms. The zero-order valence-electron chi connectivity index (χ0n) is 8.97. The van der Waals surface area contributed by atoms with Crippen molar-refractivity contribution >= 4 is 11.7 Å². The Morgan fingerprint density at radius 3 is 2.93 bits per heavy atom. The molecule has 0 fully saturated rings. The number of likely N-dealkylation sites (N-methyl/N-ethyl adjacent to an activating group) is 1. The number of carbonyl (C=O) groups is 1. The van der Waals surface area contributed by atoms with Gasteiger partial charge in [-0.2, -0.15) is 0 Å². The molecule has 0 aliphatic carbocycles. The summed E-state index contributed by atoms with van der Waals surface area (Å²) in [5.41, 5.74) is 0. The van der Waals surface area contributed by atoms with Gasteiger partial charge in [0.15, 0.2) is 0 Å². The van der Waals surface area contributed by atoms with E-state index in [0.717, 1.165) is 18.8 Å². The topological polar surface area (TPSA) is 53.5 Å². The summed E-state index contributed by atoms with van der Waals surface area (Å²) in [7, 11) is 0. The van der Waals surface area contributed by atoms with Crippen LogP contribution in [0.3, 0.4) is 0 Å². The van der Waals surface area contributed by atoms with Crippen molar-refractivity contribution in [3.63, 3.8) is 0 Å². The monoisotopic (exact) mass is 197 g/mol. The summed E-state index contributed by atoms with van der Waals surface area (Å²) in [5, 5.41) is 5.92. The molecule has 1 unspecified atom stereocenters. The predicted molar refractivity (Wildman–Crippen MR) is 57.4 cm³/mol. The van der Waals surface area contributed by atoms with Crippen molar-refractivity contribution in [1.29, 1.82) is 0 Å². The fourth-order valence-electron chi connectivity index (χ4n) is 1.46. The van der Waals surface area contributed by atoms with Crippen LogP contribution in [0.15, 0.2) is 4.99 Å². The van der Waals surface area contributed by atoms with Crippen LogP contribution in [0.25, 0.3) is 0 Å². The molecule has 0 saturated carbocycles. The van der Waals surface area contributed by atoms with Crippen molar-refractivity contribution in [2.45, 2.75) is 39.2 Å². The molecular weight excluding hydrogens is 178 g/mol. The van der Waals surface area contributed by atoms with Gasteiger partial charge in [0, 0.05) is 19.5 Å². The average molecular weight is 197 g/mol. The van der Waals surface area contributed by atoms with Crippen LogP contribution in [-0.2, 0) is 4.79 Å². The highest BCUT2D eigenvalue weighted by molar-refractivity contribution is 5.89. The Labute approximate surface area is 85.2 Å². The SMILES string of the molecule is CCNC(=O)C(C)NC1=NCCCC1. The Kier molecular flexibility index (Phi) is 4.43. The number of aliphatic imine (C=N–C) groups is 1. The van der Waals surface area contributed by atoms with Crippen LogP contribution in [0.4, 0.5) is 0 Å². The molecule has 0 aromatic rings. The Bertz CT molecular complexity index is 225. The standard InChI is InChI=1S/C10H19N3O/c1-3-11-10(14)8(2)13-9-6-4-5-7-12-9/h8H,3-7H2,1-2H3,(H,11,14)(H,12,13). The number of amides is 1. The first-order valence-corrected chi connectivity index (χ1v) is 5.31. The van der Waals surface area contributed by atoms with E-state index >= 15 is 0 Å². The van der Waals surface area contributed by atoms with Gasteiger partial charge in [-0.1, -0.05) is 0 Å². The van der Waals surface area contributed by atoms with E-state index in [-0.39, 0.29) is 11.9 Å². The van der Waals surface area contributed by atoms with E-state index in [1.165, 1.54) is 12.8 Å². The van der Waals surface area contributed by atoms with Gasteiger partial charge in [-0.25, -0.2) is 0 Å². The molecule has 1 amide bonds. The lowest BCUT2D eigenvalue weighted by Crippen LogP contribution is -2.45. The molecule has 0 aromatic carbocycles. The molecule has 0 spiro atoms. The van der Waals surface area contributed by atoms with Crippen LogP contribution in [-0.4, -0.2) is 30.9 Å². The van der Waals surface area contributed by atoms with Gasteiger partial charge >= 0.3 is 0 Å². The molecule has 0 radical (unpaired) electrons. The first-order chi connectivity index (χ1) is 6.74. The third kappa shape index (κ3) is 3.36. The molecular formula is C10H19N3O. The van der Waals surface area contributed by atoms with Gasteiger partial charge in [-0.05, 0) is 26.7 Å². The maximum absolute atomic E-state index is 11.4. The molecule has 2 N–H and O–H groups in total. The van der Waals surface area contributed by atoms with Crippen LogP contribution in [0.1, 0.15) is 33.1 Å². The van der Waals surface area contributed by atoms with E-state index in [2.05, 4.69) is 15.6 Å². The zero-order chi connectivity index (χ0) is 10.4. The van der Waals surface area contributed by atoms with Gasteiger partial charge in [-0.15, -0.1) is 0 Å². The van der Waals surface area contributed by atoms with Crippen LogP contribution >= 0.6 is 0 Å². The number of nitrogens with one attached hydrogen (secondary N) is 2. The van der Waals surface area contributed by atoms with Crippen LogP contribution < -0.4 is 10.6 Å². The maximum atomic E-state index is 11.4. The second kappa shape index (κ2) is 5.62. The number of nitrogens with zero attached hydrogens (tertiary/aromatic N) is 1. The van der Waals surface area contributed by atoms with E-state index in [1.807, 2.05) is 13.8 Å². The van der Waals surface area contributed by atoms with Gasteiger partial charge in [0.2, 0.25) is 5.91 Å². The molecule has 1 aliphatic heterocycles. The Hall–Kier alpha value is -1.06. The van der Waals surface area contributed by atoms with E-state index in [9.17, 15) is 4.79 Å². The lowest BCUT2D eigenvalue weighted by Gasteiger charge is -2.18. The molecule has 4 nitrogen and oxygen atoms in total. The first kappa shape index (κ1) is 11.0. The highest BCUT2D eigenvalue weighted by Crippen LogP contribution is 2.04. The highest BCUT2D eigenvalue weighted by atomic mass is 16.2. The first-order valence-electron chi connectivity index (χ1n) is 5.31. The second-order valence-electron chi connectivity index (χ2n) is 3.55. The van der Waals surface area contributed by atoms with E-state index in [0.29, 0.717) is 6.54 Å². The Morgan fingerprint density at radius 1 is 1.57 bits per heavy atom. The van der Waals surface area contributed by atoms with Crippen molar-refractivity contribution in [2.75, 3.05) is 13.1 Å². The molecule has 1 aliphatic rings. The highest BCUT2D eigenvalue weighted by Gasteiger charge is 2.14. The lowest BCUT2D eigenvalue weighted by molar-refractivity contribution is -0.122. The minimum atomic E-state index is -0.174. The van der Waals surface area contributed by atoms with Gasteiger partial charge < -0.3 is 10.6 Å². The summed E-state index contributed by atoms with van der Waals surface area (Å²) in [5.74, 6) is 1.02. The molecule has 1 heterocycles. The minimum absolute atomic E-state index is 0.0424. The number of rotatable bonds is 3. The van der Waals surface area contributed by atoms with Crippen LogP contribution in [0.5, 0.6) is 0 Å². The minimum Gasteiger partial charge on any atom is -0.362 e. The van der Waals surface area contributed by atoms with Gasteiger partial charge in [0.25, 0.3) is 0 Å². The third-order valence-electron chi connectivity index (χ3n) is 2.25. The fraction of sp³-hybridized carbons (Fsp3) is 0.800. The van der Waals surface area contributed by atoms with Crippen molar-refractivity contribution in [3.05, 3.63) is 0 Å². The van der Waals surface area contributed by atoms with Crippen molar-refractivity contribution in [2.24, 2.45) is 4.99 Å². The smallest absolute Gasteiger partial charge is 0.242 e. The Morgan fingerprint density at radius 2 is 2.36 bits per heavy atom. The van der Waals surface area contributed by atoms with Gasteiger partial charge in [-0.3, -0.25) is 9.79 Å². The normalized spacial score (nSPS) is 18.3. The summed E-state index contributed by atoms with van der Waals surface area (Å²) < 4.78 is 0. The lowest BCUT2D eigenvalue weighted by atomic mass is 10.1. The maximum Gasteiger partial charge on any atom is 0.242 e.